The van der Waals surface area contributed by atoms with E-state index in [0.29, 0.717) is 44.2 Å². The normalized spacial score (nSPS) is 18.4. The molecule has 1 aliphatic heterocycles. The number of piperazine rings is 1. The van der Waals surface area contributed by atoms with E-state index in [4.69, 9.17) is 4.42 Å². The summed E-state index contributed by atoms with van der Waals surface area (Å²) in [6.45, 7) is 2.51. The van der Waals surface area contributed by atoms with Gasteiger partial charge in [0.15, 0.2) is 0 Å². The van der Waals surface area contributed by atoms with E-state index in [0.717, 1.165) is 31.4 Å². The average molecular weight is 441 g/mol. The van der Waals surface area contributed by atoms with E-state index in [1.54, 1.807) is 23.3 Å². The summed E-state index contributed by atoms with van der Waals surface area (Å²) < 4.78 is 5.33. The zero-order chi connectivity index (χ0) is 22.5. The molecule has 1 N–H and O–H groups in total. The first-order valence-corrected chi connectivity index (χ1v) is 11.1. The molecule has 1 saturated heterocycles. The van der Waals surface area contributed by atoms with Gasteiger partial charge in [-0.1, -0.05) is 18.9 Å². The summed E-state index contributed by atoms with van der Waals surface area (Å²) in [6.07, 6.45) is 5.93. The molecule has 1 unspecified atom stereocenters. The van der Waals surface area contributed by atoms with Crippen molar-refractivity contribution in [2.24, 2.45) is 5.92 Å². The molecule has 2 heterocycles. The fraction of sp³-hybridized carbons (Fsp3) is 0.478. The van der Waals surface area contributed by atoms with Gasteiger partial charge in [-0.05, 0) is 37.0 Å². The van der Waals surface area contributed by atoms with Crippen LogP contribution in [-0.4, -0.2) is 58.8 Å². The van der Waals surface area contributed by atoms with Crippen LogP contribution in [0.4, 0.5) is 5.69 Å². The number of furan rings is 1. The number of nitro groups is 1. The fourth-order valence-electron chi connectivity index (χ4n) is 4.78. The first kappa shape index (κ1) is 22.0. The number of benzene rings is 1. The molecule has 2 aromatic rings. The number of amides is 2. The van der Waals surface area contributed by atoms with Crippen LogP contribution in [0.2, 0.25) is 0 Å². The van der Waals surface area contributed by atoms with Gasteiger partial charge in [-0.25, -0.2) is 0 Å². The Hall–Kier alpha value is -3.20. The number of carbonyl (C=O) groups is 2. The number of nitrogens with one attached hydrogen (secondary N) is 1. The first-order chi connectivity index (χ1) is 15.5. The van der Waals surface area contributed by atoms with E-state index in [1.807, 2.05) is 6.07 Å². The Balaban J connectivity index is 1.39. The molecule has 1 aromatic carbocycles. The van der Waals surface area contributed by atoms with Gasteiger partial charge in [0.1, 0.15) is 5.76 Å². The maximum Gasteiger partial charge on any atom is 0.270 e. The second kappa shape index (κ2) is 9.95. The van der Waals surface area contributed by atoms with E-state index in [1.165, 1.54) is 18.2 Å². The molecule has 4 rings (SSSR count). The van der Waals surface area contributed by atoms with Gasteiger partial charge < -0.3 is 14.6 Å². The lowest BCUT2D eigenvalue weighted by molar-refractivity contribution is -0.384. The van der Waals surface area contributed by atoms with Crippen LogP contribution in [0, 0.1) is 16.0 Å². The van der Waals surface area contributed by atoms with Gasteiger partial charge in [-0.2, -0.15) is 0 Å². The molecule has 32 heavy (non-hydrogen) atoms. The Bertz CT molecular complexity index is 947. The molecule has 2 aliphatic rings. The van der Waals surface area contributed by atoms with E-state index < -0.39 is 4.92 Å². The minimum Gasteiger partial charge on any atom is -0.467 e. The average Bonchev–Trinajstić information content (AvgIpc) is 3.53. The van der Waals surface area contributed by atoms with Crippen LogP contribution in [0.3, 0.4) is 0 Å². The number of nitrogens with zero attached hydrogens (tertiary/aromatic N) is 3. The zero-order valence-corrected chi connectivity index (χ0v) is 17.9. The lowest BCUT2D eigenvalue weighted by Crippen LogP contribution is -2.57. The van der Waals surface area contributed by atoms with Gasteiger partial charge in [0.2, 0.25) is 5.91 Å². The number of hydrogen-bond acceptors (Lipinski definition) is 6. The van der Waals surface area contributed by atoms with Gasteiger partial charge in [0, 0.05) is 43.9 Å². The summed E-state index contributed by atoms with van der Waals surface area (Å²) in [4.78, 5) is 40.4. The summed E-state index contributed by atoms with van der Waals surface area (Å²) in [5.74, 6) is 0.821. The summed E-state index contributed by atoms with van der Waals surface area (Å²) >= 11 is 0. The number of hydrogen-bond donors (Lipinski definition) is 1. The molecule has 1 aliphatic carbocycles. The highest BCUT2D eigenvalue weighted by molar-refractivity contribution is 5.95. The van der Waals surface area contributed by atoms with Gasteiger partial charge in [-0.3, -0.25) is 24.6 Å². The van der Waals surface area contributed by atoms with Crippen molar-refractivity contribution in [1.29, 1.82) is 0 Å². The van der Waals surface area contributed by atoms with Crippen LogP contribution in [0.15, 0.2) is 47.1 Å². The van der Waals surface area contributed by atoms with E-state index >= 15 is 0 Å². The molecule has 0 bridgehead atoms. The molecule has 1 saturated carbocycles. The molecule has 2 fully saturated rings. The van der Waals surface area contributed by atoms with Crippen molar-refractivity contribution < 1.29 is 18.9 Å². The third kappa shape index (κ3) is 4.99. The summed E-state index contributed by atoms with van der Waals surface area (Å²) in [5, 5.41) is 14.0. The van der Waals surface area contributed by atoms with Crippen LogP contribution in [0.1, 0.15) is 41.8 Å². The number of non-ortho nitro benzene ring substituents is 1. The van der Waals surface area contributed by atoms with Gasteiger partial charge >= 0.3 is 0 Å². The standard InChI is InChI=1S/C23H28N4O5/c28-22(24-16-20-9-4-14-32-20)21(17-5-1-2-6-17)25-10-12-26(13-11-25)23(29)18-7-3-8-19(15-18)27(30)31/h3-4,7-9,14-15,17,21H,1-2,5-6,10-13,16H2,(H,24,28). The van der Waals surface area contributed by atoms with Crippen LogP contribution < -0.4 is 5.32 Å². The topological polar surface area (TPSA) is 109 Å². The second-order valence-electron chi connectivity index (χ2n) is 8.42. The van der Waals surface area contributed by atoms with Crippen LogP contribution in [-0.2, 0) is 11.3 Å². The maximum absolute atomic E-state index is 13.1. The van der Waals surface area contributed by atoms with E-state index in [9.17, 15) is 19.7 Å². The van der Waals surface area contributed by atoms with Gasteiger partial charge in [0.25, 0.3) is 11.6 Å². The molecule has 0 radical (unpaired) electrons. The Morgan fingerprint density at radius 1 is 1.12 bits per heavy atom. The zero-order valence-electron chi connectivity index (χ0n) is 17.9. The van der Waals surface area contributed by atoms with E-state index in [2.05, 4.69) is 10.2 Å². The quantitative estimate of drug-likeness (QED) is 0.524. The third-order valence-electron chi connectivity index (χ3n) is 6.43. The van der Waals surface area contributed by atoms with Crippen molar-refractivity contribution >= 4 is 17.5 Å². The minimum absolute atomic E-state index is 0.00626. The lowest BCUT2D eigenvalue weighted by atomic mass is 9.95. The third-order valence-corrected chi connectivity index (χ3v) is 6.43. The van der Waals surface area contributed by atoms with Crippen LogP contribution in [0.25, 0.3) is 0 Å². The Labute approximate surface area is 186 Å². The minimum atomic E-state index is -0.498. The lowest BCUT2D eigenvalue weighted by Gasteiger charge is -2.40. The van der Waals surface area contributed by atoms with Crippen molar-refractivity contribution in [2.45, 2.75) is 38.3 Å². The molecule has 2 amide bonds. The molecule has 9 nitrogen and oxygen atoms in total. The molecule has 170 valence electrons. The largest absolute Gasteiger partial charge is 0.467 e. The number of rotatable bonds is 7. The molecule has 1 aromatic heterocycles. The predicted molar refractivity (Wildman–Crippen MR) is 117 cm³/mol. The first-order valence-electron chi connectivity index (χ1n) is 11.1. The molecule has 1 atom stereocenters. The molecular formula is C23H28N4O5. The van der Waals surface area contributed by atoms with Crippen LogP contribution in [0.5, 0.6) is 0 Å². The summed E-state index contributed by atoms with van der Waals surface area (Å²) in [7, 11) is 0. The second-order valence-corrected chi connectivity index (χ2v) is 8.42. The summed E-state index contributed by atoms with van der Waals surface area (Å²) in [6, 6.07) is 9.24. The maximum atomic E-state index is 13.1. The number of nitro benzene ring substituents is 1. The van der Waals surface area contributed by atoms with Gasteiger partial charge in [0.05, 0.1) is 23.8 Å². The number of carbonyl (C=O) groups excluding carboxylic acids is 2. The summed E-state index contributed by atoms with van der Waals surface area (Å²) in [5.41, 5.74) is 0.222. The highest BCUT2D eigenvalue weighted by Gasteiger charge is 2.37. The van der Waals surface area contributed by atoms with Crippen molar-refractivity contribution in [3.8, 4) is 0 Å². The van der Waals surface area contributed by atoms with Crippen molar-refractivity contribution in [3.63, 3.8) is 0 Å². The van der Waals surface area contributed by atoms with Crippen molar-refractivity contribution in [2.75, 3.05) is 26.2 Å². The Morgan fingerprint density at radius 2 is 1.88 bits per heavy atom. The molecule has 9 heteroatoms. The van der Waals surface area contributed by atoms with Crippen LogP contribution >= 0.6 is 0 Å². The molecule has 0 spiro atoms. The Kier molecular flexibility index (Phi) is 6.84. The van der Waals surface area contributed by atoms with Crippen molar-refractivity contribution in [1.82, 2.24) is 15.1 Å². The monoisotopic (exact) mass is 440 g/mol. The highest BCUT2D eigenvalue weighted by Crippen LogP contribution is 2.31. The smallest absolute Gasteiger partial charge is 0.270 e. The fourth-order valence-corrected chi connectivity index (χ4v) is 4.78. The Morgan fingerprint density at radius 3 is 2.53 bits per heavy atom. The SMILES string of the molecule is O=C(NCc1ccco1)C(C1CCCC1)N1CCN(C(=O)c2cccc([N+](=O)[O-])c2)CC1. The van der Waals surface area contributed by atoms with Crippen molar-refractivity contribution in [3.05, 3.63) is 64.1 Å². The highest BCUT2D eigenvalue weighted by atomic mass is 16.6. The predicted octanol–water partition coefficient (Wildman–Crippen LogP) is 2.82. The molecular weight excluding hydrogens is 412 g/mol. The van der Waals surface area contributed by atoms with Gasteiger partial charge in [-0.15, -0.1) is 0 Å². The van der Waals surface area contributed by atoms with E-state index in [-0.39, 0.29) is 23.5 Å².